The van der Waals surface area contributed by atoms with Gasteiger partial charge in [0.1, 0.15) is 0 Å². The molecule has 0 aliphatic carbocycles. The summed E-state index contributed by atoms with van der Waals surface area (Å²) in [5.41, 5.74) is 0. The fourth-order valence-corrected chi connectivity index (χ4v) is 3.44. The van der Waals surface area contributed by atoms with Crippen LogP contribution in [0.5, 0.6) is 0 Å². The summed E-state index contributed by atoms with van der Waals surface area (Å²) in [6, 6.07) is 0. The third-order valence-corrected chi connectivity index (χ3v) is 5.41. The molecule has 0 atom stereocenters. The summed E-state index contributed by atoms with van der Waals surface area (Å²) in [6.45, 7) is 5.80. The number of rotatable bonds is 7. The number of guanidine groups is 1. The molecule has 0 unspecified atom stereocenters. The van der Waals surface area contributed by atoms with Crippen LogP contribution in [0.15, 0.2) is 4.99 Å². The van der Waals surface area contributed by atoms with Gasteiger partial charge in [0.15, 0.2) is 5.96 Å². The molecule has 1 heterocycles. The Morgan fingerprint density at radius 1 is 1.33 bits per heavy atom. The lowest BCUT2D eigenvalue weighted by molar-refractivity contribution is 0.280. The van der Waals surface area contributed by atoms with Gasteiger partial charge >= 0.3 is 0 Å². The molecule has 0 radical (unpaired) electrons. The highest BCUT2D eigenvalue weighted by molar-refractivity contribution is 7.98. The van der Waals surface area contributed by atoms with Crippen LogP contribution in [0.1, 0.15) is 19.8 Å². The Morgan fingerprint density at radius 3 is 2.52 bits per heavy atom. The number of hydrogen-bond donors (Lipinski definition) is 2. The average molecular weight is 337 g/mol. The number of nitrogens with zero attached hydrogens (tertiary/aromatic N) is 2. The Hall–Kier alpha value is -0.470. The van der Waals surface area contributed by atoms with E-state index in [2.05, 4.69) is 28.8 Å². The molecule has 6 nitrogen and oxygen atoms in total. The van der Waals surface area contributed by atoms with Crippen LogP contribution in [0.3, 0.4) is 0 Å². The van der Waals surface area contributed by atoms with Gasteiger partial charge in [-0.1, -0.05) is 0 Å². The van der Waals surface area contributed by atoms with Gasteiger partial charge in [-0.05, 0) is 31.9 Å². The first-order valence-corrected chi connectivity index (χ1v) is 10.7. The number of piperidine rings is 1. The van der Waals surface area contributed by atoms with E-state index >= 15 is 0 Å². The predicted octanol–water partition coefficient (Wildman–Crippen LogP) is 0.576. The largest absolute Gasteiger partial charge is 0.357 e. The molecular weight excluding hydrogens is 308 g/mol. The quantitative estimate of drug-likeness (QED) is 0.404. The van der Waals surface area contributed by atoms with Crippen LogP contribution in [0.2, 0.25) is 0 Å². The van der Waals surface area contributed by atoms with Gasteiger partial charge < -0.3 is 10.6 Å². The highest BCUT2D eigenvalue weighted by Gasteiger charge is 2.24. The number of hydrogen-bond acceptors (Lipinski definition) is 4. The van der Waals surface area contributed by atoms with Crippen LogP contribution in [0.4, 0.5) is 0 Å². The predicted molar refractivity (Wildman–Crippen MR) is 91.5 cm³/mol. The molecule has 0 spiro atoms. The third-order valence-electron chi connectivity index (χ3n) is 3.49. The van der Waals surface area contributed by atoms with Gasteiger partial charge in [0.05, 0.1) is 6.26 Å². The Bertz CT molecular complexity index is 418. The van der Waals surface area contributed by atoms with Gasteiger partial charge in [0, 0.05) is 38.5 Å². The zero-order valence-electron chi connectivity index (χ0n) is 13.3. The molecule has 0 saturated carbocycles. The molecule has 124 valence electrons. The minimum absolute atomic E-state index is 0.471. The van der Waals surface area contributed by atoms with Gasteiger partial charge in [-0.3, -0.25) is 4.99 Å². The SMILES string of the molecule is CCNC(=NCC1CCN(S(C)(=O)=O)CC1)NCCSC. The van der Waals surface area contributed by atoms with Crippen molar-refractivity contribution in [3.8, 4) is 0 Å². The van der Waals surface area contributed by atoms with E-state index in [9.17, 15) is 8.42 Å². The molecule has 1 aliphatic rings. The Labute approximate surface area is 133 Å². The number of thioether (sulfide) groups is 1. The molecule has 1 aliphatic heterocycles. The maximum Gasteiger partial charge on any atom is 0.211 e. The van der Waals surface area contributed by atoms with Gasteiger partial charge in [0.2, 0.25) is 10.0 Å². The van der Waals surface area contributed by atoms with Crippen molar-refractivity contribution in [2.45, 2.75) is 19.8 Å². The summed E-state index contributed by atoms with van der Waals surface area (Å²) in [5.74, 6) is 2.38. The maximum absolute atomic E-state index is 11.5. The lowest BCUT2D eigenvalue weighted by Crippen LogP contribution is -2.40. The second-order valence-electron chi connectivity index (χ2n) is 5.24. The molecular formula is C13H28N4O2S2. The normalized spacial score (nSPS) is 18.7. The third kappa shape index (κ3) is 7.37. The topological polar surface area (TPSA) is 73.8 Å². The first-order chi connectivity index (χ1) is 9.97. The van der Waals surface area contributed by atoms with Crippen LogP contribution in [0, 0.1) is 5.92 Å². The van der Waals surface area contributed by atoms with Crippen molar-refractivity contribution < 1.29 is 8.42 Å². The van der Waals surface area contributed by atoms with Crippen molar-refractivity contribution in [3.05, 3.63) is 0 Å². The van der Waals surface area contributed by atoms with Gasteiger partial charge in [-0.2, -0.15) is 11.8 Å². The van der Waals surface area contributed by atoms with E-state index < -0.39 is 10.0 Å². The Balaban J connectivity index is 2.39. The van der Waals surface area contributed by atoms with Crippen LogP contribution in [-0.4, -0.2) is 69.7 Å². The molecule has 0 aromatic carbocycles. The standard InChI is InChI=1S/C13H28N4O2S2/c1-4-14-13(15-7-10-20-2)16-11-12-5-8-17(9-6-12)21(3,18)19/h12H,4-11H2,1-3H3,(H2,14,15,16). The second kappa shape index (κ2) is 9.53. The van der Waals surface area contributed by atoms with Crippen molar-refractivity contribution in [3.63, 3.8) is 0 Å². The van der Waals surface area contributed by atoms with E-state index in [1.54, 1.807) is 16.1 Å². The summed E-state index contributed by atoms with van der Waals surface area (Å²) in [7, 11) is -3.03. The van der Waals surface area contributed by atoms with Crippen LogP contribution >= 0.6 is 11.8 Å². The number of nitrogens with one attached hydrogen (secondary N) is 2. The van der Waals surface area contributed by atoms with Crippen LogP contribution < -0.4 is 10.6 Å². The minimum atomic E-state index is -3.03. The second-order valence-corrected chi connectivity index (χ2v) is 8.21. The maximum atomic E-state index is 11.5. The van der Waals surface area contributed by atoms with E-state index in [1.807, 2.05) is 0 Å². The van der Waals surface area contributed by atoms with Gasteiger partial charge in [0.25, 0.3) is 0 Å². The van der Waals surface area contributed by atoms with Crippen LogP contribution in [-0.2, 0) is 10.0 Å². The fourth-order valence-electron chi connectivity index (χ4n) is 2.26. The summed E-state index contributed by atoms with van der Waals surface area (Å²) < 4.78 is 24.5. The molecule has 0 bridgehead atoms. The van der Waals surface area contributed by atoms with Crippen molar-refractivity contribution in [2.24, 2.45) is 10.9 Å². The lowest BCUT2D eigenvalue weighted by Gasteiger charge is -2.29. The molecule has 2 N–H and O–H groups in total. The van der Waals surface area contributed by atoms with E-state index in [0.29, 0.717) is 19.0 Å². The molecule has 21 heavy (non-hydrogen) atoms. The van der Waals surface area contributed by atoms with Crippen molar-refractivity contribution in [2.75, 3.05) is 51.0 Å². The average Bonchev–Trinajstić information content (AvgIpc) is 2.44. The molecule has 1 saturated heterocycles. The first-order valence-electron chi connectivity index (χ1n) is 7.43. The fraction of sp³-hybridized carbons (Fsp3) is 0.923. The molecule has 0 aromatic heterocycles. The summed E-state index contributed by atoms with van der Waals surface area (Å²) in [4.78, 5) is 4.61. The van der Waals surface area contributed by atoms with Crippen molar-refractivity contribution in [1.82, 2.24) is 14.9 Å². The zero-order chi connectivity index (χ0) is 15.7. The monoisotopic (exact) mass is 336 g/mol. The Kier molecular flexibility index (Phi) is 8.43. The molecule has 1 fully saturated rings. The smallest absolute Gasteiger partial charge is 0.211 e. The first kappa shape index (κ1) is 18.6. The minimum Gasteiger partial charge on any atom is -0.357 e. The summed E-state index contributed by atoms with van der Waals surface area (Å²) in [6.07, 6.45) is 5.15. The van der Waals surface area contributed by atoms with Crippen LogP contribution in [0.25, 0.3) is 0 Å². The highest BCUT2D eigenvalue weighted by atomic mass is 32.2. The van der Waals surface area contributed by atoms with Gasteiger partial charge in [-0.25, -0.2) is 12.7 Å². The van der Waals surface area contributed by atoms with Gasteiger partial charge in [-0.15, -0.1) is 0 Å². The van der Waals surface area contributed by atoms with E-state index in [-0.39, 0.29) is 0 Å². The number of sulfonamides is 1. The zero-order valence-corrected chi connectivity index (χ0v) is 14.9. The summed E-state index contributed by atoms with van der Waals surface area (Å²) >= 11 is 1.80. The van der Waals surface area contributed by atoms with Crippen molar-refractivity contribution in [1.29, 1.82) is 0 Å². The van der Waals surface area contributed by atoms with Crippen molar-refractivity contribution >= 4 is 27.7 Å². The van der Waals surface area contributed by atoms with E-state index in [0.717, 1.165) is 44.2 Å². The molecule has 0 aromatic rings. The van der Waals surface area contributed by atoms with E-state index in [4.69, 9.17) is 0 Å². The molecule has 1 rings (SSSR count). The Morgan fingerprint density at radius 2 is 2.00 bits per heavy atom. The lowest BCUT2D eigenvalue weighted by atomic mass is 9.98. The molecule has 0 amide bonds. The molecule has 8 heteroatoms. The summed E-state index contributed by atoms with van der Waals surface area (Å²) in [5, 5.41) is 6.54. The number of aliphatic imine (C=N–C) groups is 1. The highest BCUT2D eigenvalue weighted by Crippen LogP contribution is 2.19. The van der Waals surface area contributed by atoms with E-state index in [1.165, 1.54) is 6.26 Å².